The van der Waals surface area contributed by atoms with Crippen molar-refractivity contribution in [1.82, 2.24) is 0 Å². The van der Waals surface area contributed by atoms with Crippen LogP contribution in [0, 0.1) is 73.9 Å². The zero-order chi connectivity index (χ0) is 52.8. The van der Waals surface area contributed by atoms with Gasteiger partial charge in [-0.05, 0) is 110 Å². The number of allylic oxidation sites excluding steroid dienone is 2. The minimum atomic E-state index is -1.68. The highest BCUT2D eigenvalue weighted by Crippen LogP contribution is 2.76. The summed E-state index contributed by atoms with van der Waals surface area (Å²) in [5, 5.41) is 130. The van der Waals surface area contributed by atoms with E-state index in [-0.39, 0.29) is 84.8 Å². The molecule has 0 bridgehead atoms. The molecule has 8 rings (SSSR count). The quantitative estimate of drug-likeness (QED) is 0.0888. The molecule has 0 radical (unpaired) electrons. The van der Waals surface area contributed by atoms with E-state index in [2.05, 4.69) is 40.7 Å². The number of aliphatic hydroxyl groups excluding tert-OH is 12. The van der Waals surface area contributed by atoms with Crippen molar-refractivity contribution in [2.45, 2.75) is 199 Å². The van der Waals surface area contributed by atoms with Crippen LogP contribution in [0.4, 0.5) is 0 Å². The fourth-order valence-electron chi connectivity index (χ4n) is 17.0. The molecule has 0 aromatic heterocycles. The van der Waals surface area contributed by atoms with Crippen LogP contribution in [0.3, 0.4) is 0 Å². The topological polar surface area (TPSA) is 306 Å². The molecule has 72 heavy (non-hydrogen) atoms. The second-order valence-electron chi connectivity index (χ2n) is 25.8. The summed E-state index contributed by atoms with van der Waals surface area (Å²) in [6.45, 7) is 14.9. The van der Waals surface area contributed by atoms with Crippen molar-refractivity contribution >= 4 is 5.97 Å². The normalized spacial score (nSPS) is 54.6. The molecule has 18 heteroatoms. The Balaban J connectivity index is 0.902. The fourth-order valence-corrected chi connectivity index (χ4v) is 17.0. The Bertz CT molecular complexity index is 1940. The van der Waals surface area contributed by atoms with Crippen molar-refractivity contribution in [2.75, 3.05) is 46.2 Å². The Morgan fingerprint density at radius 1 is 0.639 bits per heavy atom. The van der Waals surface area contributed by atoms with Gasteiger partial charge in [0.2, 0.25) is 0 Å². The number of carbonyl (C=O) groups excluding carboxylic acids is 1. The van der Waals surface area contributed by atoms with Crippen molar-refractivity contribution in [3.05, 3.63) is 11.6 Å². The Kier molecular flexibility index (Phi) is 16.4. The lowest BCUT2D eigenvalue weighted by molar-refractivity contribution is -0.254. The summed E-state index contributed by atoms with van der Waals surface area (Å²) in [6, 6.07) is 0. The lowest BCUT2D eigenvalue weighted by Gasteiger charge is -2.71. The third-order valence-corrected chi connectivity index (χ3v) is 21.9. The lowest BCUT2D eigenvalue weighted by atomic mass is 9.33. The van der Waals surface area contributed by atoms with Crippen LogP contribution in [0.1, 0.15) is 113 Å². The molecule has 6 aliphatic carbocycles. The molecule has 23 unspecified atom stereocenters. The van der Waals surface area contributed by atoms with Crippen LogP contribution in [0.15, 0.2) is 11.6 Å². The Hall–Kier alpha value is -1.43. The van der Waals surface area contributed by atoms with E-state index < -0.39 is 121 Å². The molecule has 18 nitrogen and oxygen atoms in total. The summed E-state index contributed by atoms with van der Waals surface area (Å²) < 4.78 is 30.0. The van der Waals surface area contributed by atoms with E-state index in [1.165, 1.54) is 5.57 Å². The standard InChI is InChI=1S/C54H90O18/c1-26-11-14-54(16-15-52(7)30(38(54)28(26)3)9-10-37-50(5)18-31(57)46(65)51(6,24-56)36(50)12-13-53(37,52)8)48(67)70-23-35-43(62)44(63)42(61)34(72-35)22-68-21-33-41(60)40(59)29(32(19-55)71-33)20-69-25-49(4)17-27(2)39(58)45(64)47(49)66/h9,26-29,31-47,55-66H,10-25H2,1-8H3/t26-,27?,28?,29?,31-,32?,33?,34?,35?,36?,37?,38?,39?,40?,41?,42?,43?,44?,45?,46?,47?,49?,50?,51+,52-,53?,54?/m1/s1. The molecular weight excluding hydrogens is 937 g/mol. The summed E-state index contributed by atoms with van der Waals surface area (Å²) in [6.07, 6.45) is -9.62. The van der Waals surface area contributed by atoms with Crippen LogP contribution < -0.4 is 0 Å². The number of aliphatic hydroxyl groups is 12. The zero-order valence-electron chi connectivity index (χ0n) is 43.8. The molecular formula is C54H90O18. The average molecular weight is 1030 g/mol. The van der Waals surface area contributed by atoms with Crippen molar-refractivity contribution in [3.63, 3.8) is 0 Å². The minimum Gasteiger partial charge on any atom is -0.462 e. The molecule has 2 aliphatic heterocycles. The Labute approximate surface area is 425 Å². The van der Waals surface area contributed by atoms with Crippen LogP contribution in [-0.4, -0.2) is 199 Å². The number of hydrogen-bond acceptors (Lipinski definition) is 18. The van der Waals surface area contributed by atoms with Crippen molar-refractivity contribution in [2.24, 2.45) is 73.9 Å². The molecule has 27 atom stereocenters. The number of carbonyl (C=O) groups is 1. The maximum Gasteiger partial charge on any atom is 0.312 e. The van der Waals surface area contributed by atoms with E-state index in [0.29, 0.717) is 31.6 Å². The predicted molar refractivity (Wildman–Crippen MR) is 258 cm³/mol. The molecule has 7 fully saturated rings. The highest BCUT2D eigenvalue weighted by Gasteiger charge is 2.71. The SMILES string of the molecule is CC1CC(C)(COCC2C(CO)OC(COCC3OC(COC(=O)C45CC[C@@H](C)C(C)C4C4=CCC6C7(C)C[C@@H](O)C(O)[C@@](C)(CO)C7CCC6(C)[C@]4(C)CC5)C(O)C(O)C3O)C(O)C2O)C(O)C(O)C1O. The highest BCUT2D eigenvalue weighted by atomic mass is 16.6. The summed E-state index contributed by atoms with van der Waals surface area (Å²) in [4.78, 5) is 14.9. The second-order valence-corrected chi connectivity index (χ2v) is 25.8. The van der Waals surface area contributed by atoms with Crippen molar-refractivity contribution < 1.29 is 89.8 Å². The summed E-state index contributed by atoms with van der Waals surface area (Å²) in [5.41, 5.74) is -2.13. The Morgan fingerprint density at radius 3 is 1.90 bits per heavy atom. The molecule has 0 spiro atoms. The van der Waals surface area contributed by atoms with E-state index in [0.717, 1.165) is 32.1 Å². The molecule has 0 amide bonds. The first-order chi connectivity index (χ1) is 33.7. The number of rotatable bonds is 13. The van der Waals surface area contributed by atoms with Crippen molar-refractivity contribution in [1.29, 1.82) is 0 Å². The van der Waals surface area contributed by atoms with E-state index in [1.807, 2.05) is 6.92 Å². The van der Waals surface area contributed by atoms with E-state index in [4.69, 9.17) is 23.7 Å². The van der Waals surface area contributed by atoms with Crippen LogP contribution in [-0.2, 0) is 28.5 Å². The van der Waals surface area contributed by atoms with Crippen LogP contribution in [0.2, 0.25) is 0 Å². The van der Waals surface area contributed by atoms with E-state index >= 15 is 0 Å². The predicted octanol–water partition coefficient (Wildman–Crippen LogP) is 0.601. The number of fused-ring (bicyclic) bond motifs is 7. The van der Waals surface area contributed by atoms with Gasteiger partial charge in [-0.3, -0.25) is 4.79 Å². The Morgan fingerprint density at radius 2 is 1.26 bits per heavy atom. The van der Waals surface area contributed by atoms with Gasteiger partial charge in [0.05, 0.1) is 81.7 Å². The molecule has 2 saturated heterocycles. The van der Waals surface area contributed by atoms with Gasteiger partial charge in [-0.1, -0.05) is 67.0 Å². The van der Waals surface area contributed by atoms with Crippen molar-refractivity contribution in [3.8, 4) is 0 Å². The fraction of sp³-hybridized carbons (Fsp3) is 0.944. The van der Waals surface area contributed by atoms with Gasteiger partial charge in [-0.2, -0.15) is 0 Å². The van der Waals surface area contributed by atoms with Gasteiger partial charge in [0.1, 0.15) is 55.4 Å². The maximum absolute atomic E-state index is 14.9. The second kappa shape index (κ2) is 20.7. The van der Waals surface area contributed by atoms with Crippen LogP contribution in [0.5, 0.6) is 0 Å². The molecule has 8 aliphatic rings. The number of ether oxygens (including phenoxy) is 5. The third kappa shape index (κ3) is 8.99. The molecule has 0 aromatic rings. The molecule has 2 heterocycles. The molecule has 5 saturated carbocycles. The summed E-state index contributed by atoms with van der Waals surface area (Å²) in [5.74, 6) is -1.04. The van der Waals surface area contributed by atoms with Crippen LogP contribution >= 0.6 is 0 Å². The average Bonchev–Trinajstić information content (AvgIpc) is 3.34. The molecule has 414 valence electrons. The van der Waals surface area contributed by atoms with Gasteiger partial charge in [0.25, 0.3) is 0 Å². The number of hydrogen-bond donors (Lipinski definition) is 12. The van der Waals surface area contributed by atoms with Gasteiger partial charge in [0, 0.05) is 16.7 Å². The number of esters is 1. The first kappa shape index (κ1) is 56.8. The van der Waals surface area contributed by atoms with Gasteiger partial charge < -0.3 is 85.0 Å². The maximum atomic E-state index is 14.9. The first-order valence-corrected chi connectivity index (χ1v) is 27.1. The summed E-state index contributed by atoms with van der Waals surface area (Å²) in [7, 11) is 0. The van der Waals surface area contributed by atoms with E-state index in [9.17, 15) is 66.1 Å². The molecule has 12 N–H and O–H groups in total. The van der Waals surface area contributed by atoms with Gasteiger partial charge in [-0.25, -0.2) is 0 Å². The van der Waals surface area contributed by atoms with Gasteiger partial charge in [0.15, 0.2) is 0 Å². The monoisotopic (exact) mass is 1030 g/mol. The largest absolute Gasteiger partial charge is 0.462 e. The van der Waals surface area contributed by atoms with Gasteiger partial charge >= 0.3 is 5.97 Å². The zero-order valence-corrected chi connectivity index (χ0v) is 43.8. The third-order valence-electron chi connectivity index (χ3n) is 21.9. The summed E-state index contributed by atoms with van der Waals surface area (Å²) >= 11 is 0. The van der Waals surface area contributed by atoms with Gasteiger partial charge in [-0.15, -0.1) is 0 Å². The smallest absolute Gasteiger partial charge is 0.312 e. The lowest BCUT2D eigenvalue weighted by Crippen LogP contribution is -2.68. The first-order valence-electron chi connectivity index (χ1n) is 27.1. The van der Waals surface area contributed by atoms with E-state index in [1.54, 1.807) is 13.8 Å². The highest BCUT2D eigenvalue weighted by molar-refractivity contribution is 5.79. The molecule has 0 aromatic carbocycles. The van der Waals surface area contributed by atoms with Crippen LogP contribution in [0.25, 0.3) is 0 Å². The minimum absolute atomic E-state index is 0.0192.